The molecule has 2 nitrogen and oxygen atoms in total. The average molecular weight is 294 g/mol. The molecule has 1 aromatic carbocycles. The van der Waals surface area contributed by atoms with Gasteiger partial charge in [-0.3, -0.25) is 0 Å². The topological polar surface area (TPSA) is 21.3 Å². The molecule has 1 N–H and O–H groups in total. The summed E-state index contributed by atoms with van der Waals surface area (Å²) < 4.78 is 5.54. The van der Waals surface area contributed by atoms with Crippen molar-refractivity contribution in [2.45, 2.75) is 52.4 Å². The van der Waals surface area contributed by atoms with Crippen molar-refractivity contribution in [1.29, 1.82) is 0 Å². The third-order valence-electron chi connectivity index (χ3n) is 3.43. The SMILES string of the molecule is CCCCOCCCNCc1ccc([Si](C)(C)C)cc1. The molecule has 1 rings (SSSR count). The van der Waals surface area contributed by atoms with Gasteiger partial charge in [-0.1, -0.05) is 62.4 Å². The lowest BCUT2D eigenvalue weighted by atomic mass is 10.2. The van der Waals surface area contributed by atoms with E-state index in [0.717, 1.165) is 32.7 Å². The number of hydrogen-bond acceptors (Lipinski definition) is 2. The number of benzene rings is 1. The summed E-state index contributed by atoms with van der Waals surface area (Å²) in [5.74, 6) is 0. The maximum absolute atomic E-state index is 5.54. The number of ether oxygens (including phenoxy) is 1. The van der Waals surface area contributed by atoms with E-state index in [1.165, 1.54) is 23.6 Å². The fourth-order valence-electron chi connectivity index (χ4n) is 2.00. The molecular weight excluding hydrogens is 262 g/mol. The molecule has 20 heavy (non-hydrogen) atoms. The minimum absolute atomic E-state index is 0.877. The maximum Gasteiger partial charge on any atom is 0.0775 e. The van der Waals surface area contributed by atoms with Crippen LogP contribution in [0.2, 0.25) is 19.6 Å². The number of nitrogens with one attached hydrogen (secondary N) is 1. The summed E-state index contributed by atoms with van der Waals surface area (Å²) in [6, 6.07) is 9.13. The first-order valence-corrected chi connectivity index (χ1v) is 11.4. The predicted octanol–water partition coefficient (Wildman–Crippen LogP) is 3.53. The van der Waals surface area contributed by atoms with Gasteiger partial charge >= 0.3 is 0 Å². The van der Waals surface area contributed by atoms with E-state index in [-0.39, 0.29) is 0 Å². The summed E-state index contributed by atoms with van der Waals surface area (Å²) in [6.45, 7) is 13.1. The van der Waals surface area contributed by atoms with Crippen molar-refractivity contribution >= 4 is 13.3 Å². The molecule has 1 aromatic rings. The molecule has 0 aliphatic rings. The Morgan fingerprint density at radius 1 is 1.00 bits per heavy atom. The van der Waals surface area contributed by atoms with E-state index in [1.54, 1.807) is 0 Å². The zero-order chi connectivity index (χ0) is 14.8. The van der Waals surface area contributed by atoms with Crippen LogP contribution in [0.5, 0.6) is 0 Å². The third-order valence-corrected chi connectivity index (χ3v) is 5.50. The first-order valence-electron chi connectivity index (χ1n) is 7.92. The summed E-state index contributed by atoms with van der Waals surface area (Å²) in [6.07, 6.45) is 3.49. The summed E-state index contributed by atoms with van der Waals surface area (Å²) in [4.78, 5) is 0. The molecule has 0 spiro atoms. The molecule has 0 heterocycles. The molecule has 0 saturated heterocycles. The Morgan fingerprint density at radius 3 is 2.25 bits per heavy atom. The van der Waals surface area contributed by atoms with Crippen molar-refractivity contribution < 1.29 is 4.74 Å². The van der Waals surface area contributed by atoms with Crippen molar-refractivity contribution in [2.75, 3.05) is 19.8 Å². The van der Waals surface area contributed by atoms with Crippen LogP contribution in [0.15, 0.2) is 24.3 Å². The summed E-state index contributed by atoms with van der Waals surface area (Å²) in [5.41, 5.74) is 1.37. The maximum atomic E-state index is 5.54. The van der Waals surface area contributed by atoms with Crippen LogP contribution in [0.4, 0.5) is 0 Å². The van der Waals surface area contributed by atoms with E-state index in [1.807, 2.05) is 0 Å². The zero-order valence-electron chi connectivity index (χ0n) is 13.7. The summed E-state index contributed by atoms with van der Waals surface area (Å²) in [5, 5.41) is 5.02. The van der Waals surface area contributed by atoms with Crippen LogP contribution in [0.25, 0.3) is 0 Å². The van der Waals surface area contributed by atoms with Gasteiger partial charge in [0.2, 0.25) is 0 Å². The van der Waals surface area contributed by atoms with Gasteiger partial charge in [-0.2, -0.15) is 0 Å². The number of unbranched alkanes of at least 4 members (excludes halogenated alkanes) is 1. The highest BCUT2D eigenvalue weighted by atomic mass is 28.3. The lowest BCUT2D eigenvalue weighted by Gasteiger charge is -2.16. The molecule has 0 saturated carbocycles. The van der Waals surface area contributed by atoms with Gasteiger partial charge in [0, 0.05) is 19.8 Å². The summed E-state index contributed by atoms with van der Waals surface area (Å²) in [7, 11) is -1.15. The molecule has 0 unspecified atom stereocenters. The van der Waals surface area contributed by atoms with Gasteiger partial charge in [-0.25, -0.2) is 0 Å². The first kappa shape index (κ1) is 17.4. The third kappa shape index (κ3) is 7.22. The molecule has 0 aliphatic carbocycles. The lowest BCUT2D eigenvalue weighted by Crippen LogP contribution is -2.37. The largest absolute Gasteiger partial charge is 0.381 e. The quantitative estimate of drug-likeness (QED) is 0.526. The van der Waals surface area contributed by atoms with Gasteiger partial charge in [0.1, 0.15) is 0 Å². The van der Waals surface area contributed by atoms with E-state index >= 15 is 0 Å². The second-order valence-electron chi connectivity index (χ2n) is 6.44. The van der Waals surface area contributed by atoms with Crippen molar-refractivity contribution in [2.24, 2.45) is 0 Å². The molecule has 0 amide bonds. The van der Waals surface area contributed by atoms with Crippen LogP contribution in [-0.2, 0) is 11.3 Å². The molecule has 0 bridgehead atoms. The van der Waals surface area contributed by atoms with Gasteiger partial charge < -0.3 is 10.1 Å². The lowest BCUT2D eigenvalue weighted by molar-refractivity contribution is 0.129. The Kier molecular flexibility index (Phi) is 8.11. The first-order chi connectivity index (χ1) is 9.54. The normalized spacial score (nSPS) is 11.8. The van der Waals surface area contributed by atoms with Crippen molar-refractivity contribution in [3.63, 3.8) is 0 Å². The van der Waals surface area contributed by atoms with Gasteiger partial charge in [0.15, 0.2) is 0 Å². The molecule has 0 fully saturated rings. The van der Waals surface area contributed by atoms with E-state index < -0.39 is 8.07 Å². The second kappa shape index (κ2) is 9.32. The Labute approximate surface area is 125 Å². The molecule has 0 aromatic heterocycles. The predicted molar refractivity (Wildman–Crippen MR) is 91.5 cm³/mol. The van der Waals surface area contributed by atoms with E-state index in [2.05, 4.69) is 56.1 Å². The second-order valence-corrected chi connectivity index (χ2v) is 11.5. The molecule has 0 atom stereocenters. The van der Waals surface area contributed by atoms with E-state index in [0.29, 0.717) is 0 Å². The number of rotatable bonds is 10. The van der Waals surface area contributed by atoms with Crippen LogP contribution in [0.3, 0.4) is 0 Å². The molecule has 114 valence electrons. The van der Waals surface area contributed by atoms with Gasteiger partial charge in [0.05, 0.1) is 8.07 Å². The van der Waals surface area contributed by atoms with E-state index in [9.17, 15) is 0 Å². The molecular formula is C17H31NOSi. The van der Waals surface area contributed by atoms with Crippen molar-refractivity contribution in [3.8, 4) is 0 Å². The fraction of sp³-hybridized carbons (Fsp3) is 0.647. The van der Waals surface area contributed by atoms with Crippen LogP contribution in [0, 0.1) is 0 Å². The fourth-order valence-corrected chi connectivity index (χ4v) is 3.17. The monoisotopic (exact) mass is 293 g/mol. The molecule has 0 radical (unpaired) electrons. The average Bonchev–Trinajstić information content (AvgIpc) is 2.41. The van der Waals surface area contributed by atoms with Gasteiger partial charge in [-0.15, -0.1) is 0 Å². The standard InChI is InChI=1S/C17H31NOSi/c1-5-6-13-19-14-7-12-18-15-16-8-10-17(11-9-16)20(2,3)4/h8-11,18H,5-7,12-15H2,1-4H3. The molecule has 3 heteroatoms. The van der Waals surface area contributed by atoms with Gasteiger partial charge in [0.25, 0.3) is 0 Å². The smallest absolute Gasteiger partial charge is 0.0775 e. The Balaban J connectivity index is 2.13. The van der Waals surface area contributed by atoms with Crippen molar-refractivity contribution in [3.05, 3.63) is 29.8 Å². The number of hydrogen-bond donors (Lipinski definition) is 1. The minimum Gasteiger partial charge on any atom is -0.381 e. The van der Waals surface area contributed by atoms with Crippen molar-refractivity contribution in [1.82, 2.24) is 5.32 Å². The van der Waals surface area contributed by atoms with Crippen LogP contribution in [-0.4, -0.2) is 27.8 Å². The van der Waals surface area contributed by atoms with Crippen LogP contribution < -0.4 is 10.5 Å². The zero-order valence-corrected chi connectivity index (χ0v) is 14.7. The Bertz CT molecular complexity index is 356. The minimum atomic E-state index is -1.15. The van der Waals surface area contributed by atoms with Crippen LogP contribution >= 0.6 is 0 Å². The highest BCUT2D eigenvalue weighted by Gasteiger charge is 2.15. The molecule has 0 aliphatic heterocycles. The highest BCUT2D eigenvalue weighted by molar-refractivity contribution is 6.88. The van der Waals surface area contributed by atoms with E-state index in [4.69, 9.17) is 4.74 Å². The van der Waals surface area contributed by atoms with Crippen LogP contribution in [0.1, 0.15) is 31.7 Å². The Morgan fingerprint density at radius 2 is 1.65 bits per heavy atom. The highest BCUT2D eigenvalue weighted by Crippen LogP contribution is 2.04. The van der Waals surface area contributed by atoms with Gasteiger partial charge in [-0.05, 0) is 24.9 Å². The summed E-state index contributed by atoms with van der Waals surface area (Å²) >= 11 is 0. The Hall–Kier alpha value is -0.643.